The van der Waals surface area contributed by atoms with E-state index in [2.05, 4.69) is 21.4 Å². The van der Waals surface area contributed by atoms with E-state index in [4.69, 9.17) is 4.74 Å². The van der Waals surface area contributed by atoms with Gasteiger partial charge >= 0.3 is 0 Å². The van der Waals surface area contributed by atoms with Crippen molar-refractivity contribution in [2.45, 2.75) is 18.1 Å². The maximum Gasteiger partial charge on any atom is 0.238 e. The first-order valence-corrected chi connectivity index (χ1v) is 11.0. The summed E-state index contributed by atoms with van der Waals surface area (Å²) in [6.45, 7) is 0.609. The third-order valence-electron chi connectivity index (χ3n) is 4.97. The fraction of sp³-hybridized carbons (Fsp3) is 0.238. The normalized spacial score (nSPS) is 16.1. The Balaban J connectivity index is 1.40. The van der Waals surface area contributed by atoms with Crippen molar-refractivity contribution in [3.05, 3.63) is 60.9 Å². The van der Waals surface area contributed by atoms with Crippen LogP contribution in [0.2, 0.25) is 0 Å². The molecule has 0 amide bonds. The zero-order chi connectivity index (χ0) is 19.8. The zero-order valence-corrected chi connectivity index (χ0v) is 16.4. The lowest BCUT2D eigenvalue weighted by atomic mass is 10.1. The Bertz CT molecular complexity index is 1130. The number of pyridine rings is 2. The van der Waals surface area contributed by atoms with Crippen LogP contribution in [0.3, 0.4) is 0 Å². The van der Waals surface area contributed by atoms with Crippen LogP contribution in [-0.2, 0) is 10.0 Å². The minimum Gasteiger partial charge on any atom is -0.474 e. The summed E-state index contributed by atoms with van der Waals surface area (Å²) in [5, 5.41) is 2.91. The minimum atomic E-state index is -3.36. The number of rotatable bonds is 5. The van der Waals surface area contributed by atoms with Crippen LogP contribution >= 0.6 is 0 Å². The van der Waals surface area contributed by atoms with Crippen LogP contribution in [0.25, 0.3) is 11.1 Å². The number of hydrogen-bond acceptors (Lipinski definition) is 6. The van der Waals surface area contributed by atoms with Crippen LogP contribution in [0.5, 0.6) is 5.88 Å². The number of nitrogens with one attached hydrogen (secondary N) is 1. The van der Waals surface area contributed by atoms with E-state index in [1.54, 1.807) is 18.5 Å². The quantitative estimate of drug-likeness (QED) is 0.698. The van der Waals surface area contributed by atoms with Gasteiger partial charge in [-0.2, -0.15) is 0 Å². The molecule has 8 heteroatoms. The molecule has 0 atom stereocenters. The molecule has 0 spiro atoms. The summed E-state index contributed by atoms with van der Waals surface area (Å²) in [6.07, 6.45) is 4.84. The van der Waals surface area contributed by atoms with Crippen molar-refractivity contribution in [1.29, 1.82) is 0 Å². The number of aromatic nitrogens is 2. The molecule has 3 heterocycles. The van der Waals surface area contributed by atoms with Gasteiger partial charge in [0.2, 0.25) is 15.9 Å². The van der Waals surface area contributed by atoms with Crippen molar-refractivity contribution in [2.24, 2.45) is 0 Å². The summed E-state index contributed by atoms with van der Waals surface area (Å²) in [7, 11) is -3.36. The third kappa shape index (κ3) is 3.51. The largest absolute Gasteiger partial charge is 0.474 e. The Kier molecular flexibility index (Phi) is 4.35. The second-order valence-electron chi connectivity index (χ2n) is 7.06. The van der Waals surface area contributed by atoms with Gasteiger partial charge in [0.15, 0.2) is 0 Å². The van der Waals surface area contributed by atoms with E-state index in [-0.39, 0.29) is 5.25 Å². The molecule has 0 unspecified atom stereocenters. The SMILES string of the molecule is O=S(=O)(C1CC1)N1CCOc2ncc(Nc3ccc(-c4cc[c]cc4)cn3)cc21. The molecule has 1 N–H and O–H groups in total. The lowest BCUT2D eigenvalue weighted by Gasteiger charge is -2.30. The van der Waals surface area contributed by atoms with Gasteiger partial charge in [-0.3, -0.25) is 4.31 Å². The Hall–Kier alpha value is -3.13. The van der Waals surface area contributed by atoms with E-state index in [0.717, 1.165) is 24.0 Å². The first kappa shape index (κ1) is 17.9. The van der Waals surface area contributed by atoms with E-state index < -0.39 is 10.0 Å². The van der Waals surface area contributed by atoms with Gasteiger partial charge in [-0.15, -0.1) is 0 Å². The summed E-state index contributed by atoms with van der Waals surface area (Å²) in [6, 6.07) is 16.3. The highest BCUT2D eigenvalue weighted by Crippen LogP contribution is 2.39. The van der Waals surface area contributed by atoms with Crippen LogP contribution in [-0.4, -0.2) is 36.8 Å². The van der Waals surface area contributed by atoms with Gasteiger partial charge in [0, 0.05) is 11.8 Å². The predicted octanol–water partition coefficient (Wildman–Crippen LogP) is 3.38. The second-order valence-corrected chi connectivity index (χ2v) is 9.20. The molecular formula is C21H19N4O3S. The fourth-order valence-corrected chi connectivity index (χ4v) is 5.15. The van der Waals surface area contributed by atoms with Gasteiger partial charge in [0.1, 0.15) is 18.1 Å². The standard InChI is InChI=1S/C21H19N4O3S/c26-29(27,18-7-8-18)25-10-11-28-21-19(25)12-17(14-23-21)24-20-9-6-16(13-22-20)15-4-2-1-3-5-15/h2-6,9,12-14,18H,7-8,10-11H2,(H,22,24). The van der Waals surface area contributed by atoms with Crippen LogP contribution in [0, 0.1) is 6.07 Å². The third-order valence-corrected chi connectivity index (χ3v) is 7.28. The Morgan fingerprint density at radius 3 is 2.62 bits per heavy atom. The van der Waals surface area contributed by atoms with E-state index in [0.29, 0.717) is 36.2 Å². The summed E-state index contributed by atoms with van der Waals surface area (Å²) >= 11 is 0. The maximum atomic E-state index is 12.8. The van der Waals surface area contributed by atoms with Crippen molar-refractivity contribution >= 4 is 27.2 Å². The minimum absolute atomic E-state index is 0.283. The smallest absolute Gasteiger partial charge is 0.238 e. The van der Waals surface area contributed by atoms with E-state index in [1.807, 2.05) is 36.4 Å². The maximum absolute atomic E-state index is 12.8. The van der Waals surface area contributed by atoms with Crippen LogP contribution in [0.4, 0.5) is 17.2 Å². The first-order valence-electron chi connectivity index (χ1n) is 9.45. The van der Waals surface area contributed by atoms with Crippen molar-refractivity contribution in [1.82, 2.24) is 9.97 Å². The number of nitrogens with zero attached hydrogens (tertiary/aromatic N) is 3. The highest BCUT2D eigenvalue weighted by atomic mass is 32.2. The second kappa shape index (κ2) is 7.04. The van der Waals surface area contributed by atoms with Crippen molar-refractivity contribution < 1.29 is 13.2 Å². The first-order chi connectivity index (χ1) is 14.1. The van der Waals surface area contributed by atoms with Crippen molar-refractivity contribution in [3.63, 3.8) is 0 Å². The average Bonchev–Trinajstić information content (AvgIpc) is 3.61. The lowest BCUT2D eigenvalue weighted by Crippen LogP contribution is -2.40. The molecule has 0 saturated heterocycles. The molecule has 147 valence electrons. The van der Waals surface area contributed by atoms with Gasteiger partial charge < -0.3 is 10.1 Å². The van der Waals surface area contributed by atoms with Crippen molar-refractivity contribution in [3.8, 4) is 17.0 Å². The molecule has 2 aromatic heterocycles. The van der Waals surface area contributed by atoms with Gasteiger partial charge in [0.25, 0.3) is 0 Å². The van der Waals surface area contributed by atoms with Gasteiger partial charge in [-0.25, -0.2) is 18.4 Å². The lowest BCUT2D eigenvalue weighted by molar-refractivity contribution is 0.303. The Labute approximate surface area is 169 Å². The number of anilines is 3. The molecule has 1 aromatic carbocycles. The summed E-state index contributed by atoms with van der Waals surface area (Å²) in [5.74, 6) is 0.988. The van der Waals surface area contributed by atoms with E-state index in [9.17, 15) is 8.42 Å². The van der Waals surface area contributed by atoms with E-state index >= 15 is 0 Å². The topological polar surface area (TPSA) is 84.4 Å². The molecule has 5 rings (SSSR count). The summed E-state index contributed by atoms with van der Waals surface area (Å²) in [4.78, 5) is 8.76. The predicted molar refractivity (Wildman–Crippen MR) is 111 cm³/mol. The molecule has 1 saturated carbocycles. The highest BCUT2D eigenvalue weighted by Gasteiger charge is 2.42. The molecule has 3 aromatic rings. The number of ether oxygens (including phenoxy) is 1. The summed E-state index contributed by atoms with van der Waals surface area (Å²) in [5.41, 5.74) is 3.20. The number of hydrogen-bond donors (Lipinski definition) is 1. The van der Waals surface area contributed by atoms with Gasteiger partial charge in [-0.1, -0.05) is 24.3 Å². The number of fused-ring (bicyclic) bond motifs is 1. The Morgan fingerprint density at radius 1 is 1.07 bits per heavy atom. The van der Waals surface area contributed by atoms with Gasteiger partial charge in [0.05, 0.1) is 23.7 Å². The molecule has 1 aliphatic heterocycles. The van der Waals surface area contributed by atoms with E-state index in [1.165, 1.54) is 4.31 Å². The molecule has 1 fully saturated rings. The van der Waals surface area contributed by atoms with Gasteiger partial charge in [-0.05, 0) is 42.7 Å². The van der Waals surface area contributed by atoms with Crippen molar-refractivity contribution in [2.75, 3.05) is 22.8 Å². The molecule has 2 aliphatic rings. The Morgan fingerprint density at radius 2 is 1.90 bits per heavy atom. The zero-order valence-electron chi connectivity index (χ0n) is 15.6. The van der Waals surface area contributed by atoms with Crippen LogP contribution in [0.15, 0.2) is 54.9 Å². The molecule has 1 radical (unpaired) electrons. The number of benzene rings is 1. The average molecular weight is 407 g/mol. The fourth-order valence-electron chi connectivity index (χ4n) is 3.32. The summed E-state index contributed by atoms with van der Waals surface area (Å²) < 4.78 is 32.5. The molecule has 1 aliphatic carbocycles. The monoisotopic (exact) mass is 407 g/mol. The highest BCUT2D eigenvalue weighted by molar-refractivity contribution is 7.93. The molecule has 29 heavy (non-hydrogen) atoms. The van der Waals surface area contributed by atoms with Crippen LogP contribution < -0.4 is 14.4 Å². The molecule has 0 bridgehead atoms. The molecular weight excluding hydrogens is 388 g/mol. The molecule has 7 nitrogen and oxygen atoms in total. The number of sulfonamides is 1. The van der Waals surface area contributed by atoms with Crippen LogP contribution in [0.1, 0.15) is 12.8 Å².